The maximum atomic E-state index is 13.2. The highest BCUT2D eigenvalue weighted by Gasteiger charge is 2.35. The van der Waals surface area contributed by atoms with Crippen molar-refractivity contribution in [2.75, 3.05) is 5.75 Å². The average Bonchev–Trinajstić information content (AvgIpc) is 2.60. The highest BCUT2D eigenvalue weighted by molar-refractivity contribution is 7.99. The van der Waals surface area contributed by atoms with E-state index in [2.05, 4.69) is 0 Å². The molecule has 2 rings (SSSR count). The molecule has 7 heteroatoms. The summed E-state index contributed by atoms with van der Waals surface area (Å²) in [6.45, 7) is 2.00. The van der Waals surface area contributed by atoms with E-state index >= 15 is 0 Å². The summed E-state index contributed by atoms with van der Waals surface area (Å²) in [6, 6.07) is 11.5. The smallest absolute Gasteiger partial charge is 0.420 e. The first-order valence-electron chi connectivity index (χ1n) is 7.35. The number of hydrogen-bond acceptors (Lipinski definition) is 4. The summed E-state index contributed by atoms with van der Waals surface area (Å²) >= 11 is 1.61. The van der Waals surface area contributed by atoms with Crippen molar-refractivity contribution < 1.29 is 22.7 Å². The minimum Gasteiger partial charge on any atom is -0.478 e. The normalized spacial score (nSPS) is 12.3. The van der Waals surface area contributed by atoms with Crippen LogP contribution in [-0.4, -0.2) is 12.0 Å². The molecule has 1 atom stereocenters. The minimum absolute atomic E-state index is 0.136. The molecule has 2 aromatic rings. The fourth-order valence-electron chi connectivity index (χ4n) is 2.16. The molecule has 25 heavy (non-hydrogen) atoms. The number of aldehydes is 1. The highest BCUT2D eigenvalue weighted by Crippen LogP contribution is 2.38. The highest BCUT2D eigenvalue weighted by atomic mass is 32.2. The Morgan fingerprint density at radius 1 is 1.24 bits per heavy atom. The van der Waals surface area contributed by atoms with Crippen molar-refractivity contribution in [3.63, 3.8) is 0 Å². The largest absolute Gasteiger partial charge is 0.478 e. The van der Waals surface area contributed by atoms with Gasteiger partial charge in [0.05, 0.1) is 17.2 Å². The van der Waals surface area contributed by atoms with E-state index in [9.17, 15) is 18.0 Å². The number of ether oxygens (including phenoxy) is 1. The number of benzene rings is 2. The molecule has 0 bridgehead atoms. The average molecular weight is 365 g/mol. The van der Waals surface area contributed by atoms with Crippen LogP contribution >= 0.6 is 11.8 Å². The number of carbonyl (C=O) groups excluding carboxylic acids is 1. The van der Waals surface area contributed by atoms with Crippen molar-refractivity contribution >= 4 is 18.0 Å². The van der Waals surface area contributed by atoms with Crippen LogP contribution in [0.2, 0.25) is 0 Å². The Bertz CT molecular complexity index is 782. The molecule has 130 valence electrons. The van der Waals surface area contributed by atoms with E-state index in [0.29, 0.717) is 17.9 Å². The Morgan fingerprint density at radius 3 is 2.44 bits per heavy atom. The van der Waals surface area contributed by atoms with Gasteiger partial charge in [-0.1, -0.05) is 19.1 Å². The van der Waals surface area contributed by atoms with Crippen molar-refractivity contribution in [3.8, 4) is 11.8 Å². The molecule has 0 saturated heterocycles. The van der Waals surface area contributed by atoms with E-state index in [4.69, 9.17) is 10.00 Å². The molecular weight excluding hydrogens is 351 g/mol. The van der Waals surface area contributed by atoms with E-state index in [1.807, 2.05) is 6.92 Å². The van der Waals surface area contributed by atoms with Gasteiger partial charge in [0.2, 0.25) is 0 Å². The van der Waals surface area contributed by atoms with Crippen molar-refractivity contribution in [2.45, 2.75) is 24.1 Å². The number of halogens is 3. The van der Waals surface area contributed by atoms with Gasteiger partial charge in [-0.3, -0.25) is 4.79 Å². The molecule has 2 aromatic carbocycles. The van der Waals surface area contributed by atoms with Crippen LogP contribution < -0.4 is 4.74 Å². The Kier molecular flexibility index (Phi) is 6.10. The Balaban J connectivity index is 2.33. The van der Waals surface area contributed by atoms with Gasteiger partial charge in [0.1, 0.15) is 5.75 Å². The Hall–Kier alpha value is -2.46. The number of hydrogen-bond donors (Lipinski definition) is 0. The van der Waals surface area contributed by atoms with Crippen LogP contribution in [0.3, 0.4) is 0 Å². The SMILES string of the molecule is CCSc1ccc(C(C=O)Oc2ccc(C#N)cc2C(F)(F)F)cc1. The molecule has 0 heterocycles. The predicted molar refractivity (Wildman–Crippen MR) is 88.4 cm³/mol. The number of nitriles is 1. The second-order valence-electron chi connectivity index (χ2n) is 5.00. The molecule has 0 aliphatic rings. The van der Waals surface area contributed by atoms with E-state index in [1.165, 1.54) is 6.07 Å². The monoisotopic (exact) mass is 365 g/mol. The summed E-state index contributed by atoms with van der Waals surface area (Å²) in [7, 11) is 0. The van der Waals surface area contributed by atoms with Gasteiger partial charge >= 0.3 is 6.18 Å². The lowest BCUT2D eigenvalue weighted by Gasteiger charge is -2.18. The minimum atomic E-state index is -4.70. The topological polar surface area (TPSA) is 50.1 Å². The molecule has 0 radical (unpaired) electrons. The third-order valence-corrected chi connectivity index (χ3v) is 4.21. The van der Waals surface area contributed by atoms with Gasteiger partial charge in [-0.15, -0.1) is 11.8 Å². The van der Waals surface area contributed by atoms with Crippen LogP contribution in [0.1, 0.15) is 29.7 Å². The summed E-state index contributed by atoms with van der Waals surface area (Å²) in [4.78, 5) is 12.3. The Morgan fingerprint density at radius 2 is 1.92 bits per heavy atom. The zero-order chi connectivity index (χ0) is 18.4. The molecule has 0 aliphatic heterocycles. The van der Waals surface area contributed by atoms with Gasteiger partial charge in [0.25, 0.3) is 0 Å². The van der Waals surface area contributed by atoms with Crippen LogP contribution in [0.4, 0.5) is 13.2 Å². The van der Waals surface area contributed by atoms with E-state index in [-0.39, 0.29) is 5.56 Å². The number of nitrogens with zero attached hydrogens (tertiary/aromatic N) is 1. The fraction of sp³-hybridized carbons (Fsp3) is 0.222. The zero-order valence-electron chi connectivity index (χ0n) is 13.2. The summed E-state index contributed by atoms with van der Waals surface area (Å²) in [5.41, 5.74) is -0.771. The maximum Gasteiger partial charge on any atom is 0.420 e. The van der Waals surface area contributed by atoms with Crippen LogP contribution in [0, 0.1) is 11.3 Å². The first-order valence-corrected chi connectivity index (χ1v) is 8.33. The molecule has 0 aliphatic carbocycles. The predicted octanol–water partition coefficient (Wildman–Crippen LogP) is 5.01. The molecular formula is C18H14F3NO2S. The van der Waals surface area contributed by atoms with Gasteiger partial charge in [0, 0.05) is 4.90 Å². The number of carbonyl (C=O) groups is 1. The molecule has 3 nitrogen and oxygen atoms in total. The van der Waals surface area contributed by atoms with E-state index in [0.717, 1.165) is 16.7 Å². The molecule has 0 saturated carbocycles. The summed E-state index contributed by atoms with van der Waals surface area (Å²) in [5, 5.41) is 8.78. The molecule has 0 aromatic heterocycles. The van der Waals surface area contributed by atoms with Gasteiger partial charge in [0.15, 0.2) is 12.4 Å². The lowest BCUT2D eigenvalue weighted by Crippen LogP contribution is -2.14. The second kappa shape index (κ2) is 8.08. The number of alkyl halides is 3. The molecule has 0 N–H and O–H groups in total. The van der Waals surface area contributed by atoms with Crippen LogP contribution in [0.25, 0.3) is 0 Å². The van der Waals surface area contributed by atoms with Crippen molar-refractivity contribution in [1.29, 1.82) is 5.26 Å². The lowest BCUT2D eigenvalue weighted by molar-refractivity contribution is -0.139. The van der Waals surface area contributed by atoms with Gasteiger partial charge in [-0.25, -0.2) is 0 Å². The van der Waals surface area contributed by atoms with Crippen LogP contribution in [-0.2, 0) is 11.0 Å². The van der Waals surface area contributed by atoms with Gasteiger partial charge < -0.3 is 4.74 Å². The lowest BCUT2D eigenvalue weighted by atomic mass is 10.1. The van der Waals surface area contributed by atoms with Gasteiger partial charge in [-0.05, 0) is 41.6 Å². The Labute approximate surface area is 147 Å². The zero-order valence-corrected chi connectivity index (χ0v) is 14.0. The first-order chi connectivity index (χ1) is 11.9. The van der Waals surface area contributed by atoms with Crippen molar-refractivity contribution in [3.05, 3.63) is 59.2 Å². The number of thioether (sulfide) groups is 1. The van der Waals surface area contributed by atoms with Crippen molar-refractivity contribution in [2.24, 2.45) is 0 Å². The van der Waals surface area contributed by atoms with E-state index in [1.54, 1.807) is 42.1 Å². The molecule has 0 fully saturated rings. The van der Waals surface area contributed by atoms with Gasteiger partial charge in [-0.2, -0.15) is 18.4 Å². The summed E-state index contributed by atoms with van der Waals surface area (Å²) < 4.78 is 44.8. The number of rotatable bonds is 6. The van der Waals surface area contributed by atoms with Crippen LogP contribution in [0.5, 0.6) is 5.75 Å². The third kappa shape index (κ3) is 4.77. The molecule has 0 amide bonds. The molecule has 0 spiro atoms. The molecule has 1 unspecified atom stereocenters. The quantitative estimate of drug-likeness (QED) is 0.533. The maximum absolute atomic E-state index is 13.2. The van der Waals surface area contributed by atoms with Crippen LogP contribution in [0.15, 0.2) is 47.4 Å². The van der Waals surface area contributed by atoms with Crippen molar-refractivity contribution in [1.82, 2.24) is 0 Å². The third-order valence-electron chi connectivity index (χ3n) is 3.31. The first kappa shape index (κ1) is 18.9. The standard InChI is InChI=1S/C18H14F3NO2S/c1-2-25-14-6-4-13(5-7-14)17(11-23)24-16-8-3-12(10-22)9-15(16)18(19,20)21/h3-9,11,17H,2H2,1H3. The summed E-state index contributed by atoms with van der Waals surface area (Å²) in [5.74, 6) is 0.392. The van der Waals surface area contributed by atoms with E-state index < -0.39 is 23.6 Å². The fourth-order valence-corrected chi connectivity index (χ4v) is 2.82. The second-order valence-corrected chi connectivity index (χ2v) is 6.33. The summed E-state index contributed by atoms with van der Waals surface area (Å²) in [6.07, 6.45) is -5.42.